The third-order valence-electron chi connectivity index (χ3n) is 2.86. The van der Waals surface area contributed by atoms with Gasteiger partial charge in [-0.3, -0.25) is 0 Å². The van der Waals surface area contributed by atoms with Crippen molar-refractivity contribution >= 4 is 15.9 Å². The molecule has 0 saturated carbocycles. The van der Waals surface area contributed by atoms with Crippen LogP contribution in [0.2, 0.25) is 0 Å². The Labute approximate surface area is 109 Å². The van der Waals surface area contributed by atoms with Gasteiger partial charge in [-0.15, -0.1) is 0 Å². The number of hydrogen-bond donors (Lipinski definition) is 0. The third kappa shape index (κ3) is 2.44. The monoisotopic (exact) mass is 296 g/mol. The number of benzene rings is 1. The summed E-state index contributed by atoms with van der Waals surface area (Å²) in [5.74, 6) is 0.689. The van der Waals surface area contributed by atoms with Crippen LogP contribution in [0.4, 0.5) is 4.39 Å². The molecule has 90 valence electrons. The van der Waals surface area contributed by atoms with Gasteiger partial charge in [0.1, 0.15) is 11.6 Å². The minimum Gasteiger partial charge on any atom is -0.469 e. The maximum atomic E-state index is 13.2. The standard InChI is InChI=1S/C14H14BrFO/c1-8-4-12(16)5-9(2)13(8)14(15)11-6-10(3)17-7-11/h4-7,14H,1-3H3. The maximum absolute atomic E-state index is 13.2. The van der Waals surface area contributed by atoms with Crippen LogP contribution < -0.4 is 0 Å². The molecule has 1 heterocycles. The predicted molar refractivity (Wildman–Crippen MR) is 70.1 cm³/mol. The van der Waals surface area contributed by atoms with Crippen LogP contribution in [0.25, 0.3) is 0 Å². The first-order valence-electron chi connectivity index (χ1n) is 5.45. The molecule has 0 spiro atoms. The Morgan fingerprint density at radius 1 is 1.12 bits per heavy atom. The van der Waals surface area contributed by atoms with Gasteiger partial charge >= 0.3 is 0 Å². The highest BCUT2D eigenvalue weighted by Gasteiger charge is 2.17. The lowest BCUT2D eigenvalue weighted by atomic mass is 9.97. The molecule has 1 atom stereocenters. The van der Waals surface area contributed by atoms with E-state index in [1.54, 1.807) is 18.4 Å². The zero-order valence-corrected chi connectivity index (χ0v) is 11.6. The minimum atomic E-state index is -0.188. The highest BCUT2D eigenvalue weighted by Crippen LogP contribution is 2.36. The fourth-order valence-corrected chi connectivity index (χ4v) is 3.05. The summed E-state index contributed by atoms with van der Waals surface area (Å²) in [6.45, 7) is 5.76. The van der Waals surface area contributed by atoms with Gasteiger partial charge in [-0.05, 0) is 55.7 Å². The Kier molecular flexibility index (Phi) is 3.38. The molecular formula is C14H14BrFO. The molecule has 0 fully saturated rings. The van der Waals surface area contributed by atoms with E-state index in [0.717, 1.165) is 28.0 Å². The Balaban J connectivity index is 2.47. The molecule has 0 N–H and O–H groups in total. The molecule has 1 aromatic heterocycles. The van der Waals surface area contributed by atoms with E-state index in [1.165, 1.54) is 0 Å². The van der Waals surface area contributed by atoms with Crippen molar-refractivity contribution in [2.24, 2.45) is 0 Å². The number of aryl methyl sites for hydroxylation is 3. The largest absolute Gasteiger partial charge is 0.469 e. The molecule has 0 aliphatic carbocycles. The summed E-state index contributed by atoms with van der Waals surface area (Å²) in [5, 5.41) is 0. The van der Waals surface area contributed by atoms with Gasteiger partial charge in [-0.2, -0.15) is 0 Å². The molecule has 2 rings (SSSR count). The molecule has 0 amide bonds. The van der Waals surface area contributed by atoms with Crippen molar-refractivity contribution < 1.29 is 8.81 Å². The van der Waals surface area contributed by atoms with Gasteiger partial charge in [-0.25, -0.2) is 4.39 Å². The molecule has 2 aromatic rings. The van der Waals surface area contributed by atoms with Crippen molar-refractivity contribution in [2.45, 2.75) is 25.6 Å². The van der Waals surface area contributed by atoms with Gasteiger partial charge in [0.05, 0.1) is 11.1 Å². The number of alkyl halides is 1. The van der Waals surface area contributed by atoms with Gasteiger partial charge < -0.3 is 4.42 Å². The van der Waals surface area contributed by atoms with Gasteiger partial charge in [-0.1, -0.05) is 15.9 Å². The lowest BCUT2D eigenvalue weighted by Gasteiger charge is -2.15. The van der Waals surface area contributed by atoms with E-state index in [2.05, 4.69) is 15.9 Å². The van der Waals surface area contributed by atoms with Crippen LogP contribution in [-0.2, 0) is 0 Å². The molecule has 0 radical (unpaired) electrons. The number of rotatable bonds is 2. The van der Waals surface area contributed by atoms with Crippen LogP contribution in [0.15, 0.2) is 28.9 Å². The second-order valence-electron chi connectivity index (χ2n) is 4.31. The number of furan rings is 1. The first-order valence-corrected chi connectivity index (χ1v) is 6.36. The first kappa shape index (κ1) is 12.4. The second-order valence-corrected chi connectivity index (χ2v) is 5.22. The predicted octanol–water partition coefficient (Wildman–Crippen LogP) is 4.83. The second kappa shape index (κ2) is 4.65. The smallest absolute Gasteiger partial charge is 0.123 e. The molecule has 3 heteroatoms. The van der Waals surface area contributed by atoms with Gasteiger partial charge in [0.25, 0.3) is 0 Å². The van der Waals surface area contributed by atoms with Crippen molar-refractivity contribution in [2.75, 3.05) is 0 Å². The zero-order valence-electron chi connectivity index (χ0n) is 10.1. The topological polar surface area (TPSA) is 13.1 Å². The molecular weight excluding hydrogens is 283 g/mol. The molecule has 0 bridgehead atoms. The first-order chi connectivity index (χ1) is 7.99. The Bertz CT molecular complexity index is 522. The molecule has 0 aliphatic heterocycles. The van der Waals surface area contributed by atoms with Crippen LogP contribution >= 0.6 is 15.9 Å². The molecule has 17 heavy (non-hydrogen) atoms. The van der Waals surface area contributed by atoms with Crippen LogP contribution in [0.5, 0.6) is 0 Å². The minimum absolute atomic E-state index is 0.0422. The van der Waals surface area contributed by atoms with E-state index in [1.807, 2.05) is 26.8 Å². The summed E-state index contributed by atoms with van der Waals surface area (Å²) in [6.07, 6.45) is 1.73. The molecule has 1 nitrogen and oxygen atoms in total. The van der Waals surface area contributed by atoms with E-state index < -0.39 is 0 Å². The average Bonchev–Trinajstić information content (AvgIpc) is 2.63. The fourth-order valence-electron chi connectivity index (χ4n) is 2.08. The lowest BCUT2D eigenvalue weighted by Crippen LogP contribution is -1.99. The van der Waals surface area contributed by atoms with E-state index in [0.29, 0.717) is 0 Å². The Hall–Kier alpha value is -1.09. The number of hydrogen-bond acceptors (Lipinski definition) is 1. The summed E-state index contributed by atoms with van der Waals surface area (Å²) in [4.78, 5) is 0.0422. The molecule has 0 aliphatic rings. The van der Waals surface area contributed by atoms with E-state index >= 15 is 0 Å². The zero-order chi connectivity index (χ0) is 12.6. The SMILES string of the molecule is Cc1cc(C(Br)c2c(C)cc(F)cc2C)co1. The van der Waals surface area contributed by atoms with Crippen LogP contribution in [0.1, 0.15) is 32.8 Å². The van der Waals surface area contributed by atoms with Crippen LogP contribution in [0, 0.1) is 26.6 Å². The quantitative estimate of drug-likeness (QED) is 0.724. The van der Waals surface area contributed by atoms with E-state index in [-0.39, 0.29) is 10.6 Å². The highest BCUT2D eigenvalue weighted by atomic mass is 79.9. The lowest BCUT2D eigenvalue weighted by molar-refractivity contribution is 0.532. The van der Waals surface area contributed by atoms with Gasteiger partial charge in [0, 0.05) is 5.56 Å². The average molecular weight is 297 g/mol. The maximum Gasteiger partial charge on any atom is 0.123 e. The summed E-state index contributed by atoms with van der Waals surface area (Å²) in [7, 11) is 0. The van der Waals surface area contributed by atoms with Crippen molar-refractivity contribution in [1.82, 2.24) is 0 Å². The van der Waals surface area contributed by atoms with Crippen molar-refractivity contribution in [3.8, 4) is 0 Å². The van der Waals surface area contributed by atoms with Crippen molar-refractivity contribution in [3.05, 3.63) is 58.3 Å². The fraction of sp³-hybridized carbons (Fsp3) is 0.286. The Morgan fingerprint density at radius 3 is 2.18 bits per heavy atom. The summed E-state index contributed by atoms with van der Waals surface area (Å²) in [5.41, 5.74) is 4.05. The normalized spacial score (nSPS) is 12.8. The van der Waals surface area contributed by atoms with E-state index in [4.69, 9.17) is 4.42 Å². The van der Waals surface area contributed by atoms with Gasteiger partial charge in [0.2, 0.25) is 0 Å². The third-order valence-corrected chi connectivity index (χ3v) is 3.84. The summed E-state index contributed by atoms with van der Waals surface area (Å²) >= 11 is 3.65. The summed E-state index contributed by atoms with van der Waals surface area (Å²) < 4.78 is 18.6. The highest BCUT2D eigenvalue weighted by molar-refractivity contribution is 9.09. The molecule has 1 aromatic carbocycles. The number of halogens is 2. The van der Waals surface area contributed by atoms with E-state index in [9.17, 15) is 4.39 Å². The molecule has 0 saturated heterocycles. The molecule has 1 unspecified atom stereocenters. The van der Waals surface area contributed by atoms with Gasteiger partial charge in [0.15, 0.2) is 0 Å². The van der Waals surface area contributed by atoms with Crippen molar-refractivity contribution in [3.63, 3.8) is 0 Å². The Morgan fingerprint density at radius 2 is 1.71 bits per heavy atom. The van der Waals surface area contributed by atoms with Crippen LogP contribution in [0.3, 0.4) is 0 Å². The summed E-state index contributed by atoms with van der Waals surface area (Å²) in [6, 6.07) is 5.11. The van der Waals surface area contributed by atoms with Crippen LogP contribution in [-0.4, -0.2) is 0 Å². The van der Waals surface area contributed by atoms with Crippen molar-refractivity contribution in [1.29, 1.82) is 0 Å².